The molecule has 2 heterocycles. The van der Waals surface area contributed by atoms with Crippen molar-refractivity contribution in [1.29, 1.82) is 0 Å². The molecule has 6 heteroatoms. The van der Waals surface area contributed by atoms with Gasteiger partial charge < -0.3 is 9.64 Å². The van der Waals surface area contributed by atoms with E-state index in [2.05, 4.69) is 6.07 Å². The maximum absolute atomic E-state index is 12.4. The number of halogens is 1. The molecule has 0 saturated carbocycles. The van der Waals surface area contributed by atoms with Crippen molar-refractivity contribution in [2.75, 3.05) is 13.2 Å². The number of carbonyl (C=O) groups excluding carboxylic acids is 2. The molecule has 0 spiro atoms. The highest BCUT2D eigenvalue weighted by Crippen LogP contribution is 2.35. The Morgan fingerprint density at radius 2 is 1.86 bits per heavy atom. The van der Waals surface area contributed by atoms with Gasteiger partial charge >= 0.3 is 5.97 Å². The molecule has 1 amide bonds. The normalized spacial score (nSPS) is 13.7. The highest BCUT2D eigenvalue weighted by atomic mass is 35.5. The van der Waals surface area contributed by atoms with Gasteiger partial charge in [-0.3, -0.25) is 4.79 Å². The lowest BCUT2D eigenvalue weighted by Crippen LogP contribution is -2.38. The second-order valence-electron chi connectivity index (χ2n) is 6.55. The highest BCUT2D eigenvalue weighted by molar-refractivity contribution is 7.20. The fourth-order valence-corrected chi connectivity index (χ4v) is 4.66. The van der Waals surface area contributed by atoms with Gasteiger partial charge in [-0.15, -0.1) is 11.3 Å². The molecule has 28 heavy (non-hydrogen) atoms. The average Bonchev–Trinajstić information content (AvgIpc) is 3.06. The molecule has 0 radical (unpaired) electrons. The molecule has 0 saturated heterocycles. The van der Waals surface area contributed by atoms with E-state index in [0.29, 0.717) is 18.1 Å². The molecule has 0 atom stereocenters. The predicted octanol–water partition coefficient (Wildman–Crippen LogP) is 4.70. The van der Waals surface area contributed by atoms with E-state index in [1.54, 1.807) is 11.0 Å². The summed E-state index contributed by atoms with van der Waals surface area (Å²) in [6.07, 6.45) is 3.77. The van der Waals surface area contributed by atoms with Gasteiger partial charge in [0.15, 0.2) is 6.61 Å². The largest absolute Gasteiger partial charge is 0.452 e. The number of nitrogens with zero attached hydrogens (tertiary/aromatic N) is 1. The van der Waals surface area contributed by atoms with E-state index in [9.17, 15) is 9.59 Å². The van der Waals surface area contributed by atoms with Gasteiger partial charge in [-0.2, -0.15) is 0 Å². The Labute approximate surface area is 172 Å². The fourth-order valence-electron chi connectivity index (χ4n) is 3.26. The SMILES string of the molecule is O=C(/C=C/c1sc2ccccc2c1Cl)OCC(=O)N1CCc2ccccc2C1. The zero-order valence-corrected chi connectivity index (χ0v) is 16.6. The summed E-state index contributed by atoms with van der Waals surface area (Å²) in [4.78, 5) is 26.9. The summed E-state index contributed by atoms with van der Waals surface area (Å²) in [5.41, 5.74) is 2.42. The number of ether oxygens (including phenoxy) is 1. The van der Waals surface area contributed by atoms with Crippen molar-refractivity contribution in [1.82, 2.24) is 4.90 Å². The van der Waals surface area contributed by atoms with Crippen molar-refractivity contribution in [3.05, 3.63) is 75.6 Å². The standard InChI is InChI=1S/C22H18ClNO3S/c23-22-17-7-3-4-8-18(17)28-19(22)9-10-21(26)27-14-20(25)24-12-11-15-5-1-2-6-16(15)13-24/h1-10H,11-14H2/b10-9+. The van der Waals surface area contributed by atoms with Crippen molar-refractivity contribution in [2.45, 2.75) is 13.0 Å². The van der Waals surface area contributed by atoms with Crippen molar-refractivity contribution in [3.8, 4) is 0 Å². The monoisotopic (exact) mass is 411 g/mol. The Morgan fingerprint density at radius 1 is 1.11 bits per heavy atom. The first-order valence-corrected chi connectivity index (χ1v) is 10.2. The predicted molar refractivity (Wildman–Crippen MR) is 112 cm³/mol. The molecule has 1 aromatic heterocycles. The molecule has 2 aromatic carbocycles. The second kappa shape index (κ2) is 8.17. The Balaban J connectivity index is 1.33. The number of esters is 1. The minimum atomic E-state index is -0.556. The average molecular weight is 412 g/mol. The van der Waals surface area contributed by atoms with E-state index in [1.807, 2.05) is 42.5 Å². The molecular formula is C22H18ClNO3S. The number of rotatable bonds is 4. The van der Waals surface area contributed by atoms with Crippen molar-refractivity contribution < 1.29 is 14.3 Å². The number of hydrogen-bond donors (Lipinski definition) is 0. The van der Waals surface area contributed by atoms with Crippen molar-refractivity contribution >= 4 is 51.0 Å². The molecule has 1 aliphatic rings. The molecular weight excluding hydrogens is 394 g/mol. The van der Waals surface area contributed by atoms with Gasteiger partial charge in [-0.05, 0) is 29.7 Å². The van der Waals surface area contributed by atoms with Gasteiger partial charge in [0.05, 0.1) is 5.02 Å². The van der Waals surface area contributed by atoms with Crippen LogP contribution in [0, 0.1) is 0 Å². The van der Waals surface area contributed by atoms with Crippen LogP contribution in [0.2, 0.25) is 5.02 Å². The second-order valence-corrected chi connectivity index (χ2v) is 8.01. The van der Waals surface area contributed by atoms with Gasteiger partial charge in [-0.25, -0.2) is 4.79 Å². The summed E-state index contributed by atoms with van der Waals surface area (Å²) in [5, 5.41) is 1.58. The summed E-state index contributed by atoms with van der Waals surface area (Å²) >= 11 is 7.86. The highest BCUT2D eigenvalue weighted by Gasteiger charge is 2.21. The van der Waals surface area contributed by atoms with Gasteiger partial charge in [0.25, 0.3) is 5.91 Å². The van der Waals surface area contributed by atoms with Crippen LogP contribution in [0.25, 0.3) is 16.2 Å². The van der Waals surface area contributed by atoms with E-state index >= 15 is 0 Å². The molecule has 0 aliphatic carbocycles. The summed E-state index contributed by atoms with van der Waals surface area (Å²) in [7, 11) is 0. The molecule has 4 rings (SSSR count). The maximum Gasteiger partial charge on any atom is 0.331 e. The Hall–Kier alpha value is -2.63. The summed E-state index contributed by atoms with van der Waals surface area (Å²) < 4.78 is 6.18. The lowest BCUT2D eigenvalue weighted by Gasteiger charge is -2.28. The zero-order chi connectivity index (χ0) is 19.5. The van der Waals surface area contributed by atoms with Crippen LogP contribution in [0.15, 0.2) is 54.6 Å². The Kier molecular flexibility index (Phi) is 5.46. The van der Waals surface area contributed by atoms with Crippen LogP contribution in [-0.2, 0) is 27.3 Å². The number of carbonyl (C=O) groups is 2. The van der Waals surface area contributed by atoms with Crippen LogP contribution >= 0.6 is 22.9 Å². The van der Waals surface area contributed by atoms with Crippen molar-refractivity contribution in [2.24, 2.45) is 0 Å². The number of fused-ring (bicyclic) bond motifs is 2. The van der Waals surface area contributed by atoms with Crippen LogP contribution in [0.4, 0.5) is 0 Å². The molecule has 0 unspecified atom stereocenters. The minimum Gasteiger partial charge on any atom is -0.452 e. The topological polar surface area (TPSA) is 46.6 Å². The molecule has 3 aromatic rings. The molecule has 0 bridgehead atoms. The smallest absolute Gasteiger partial charge is 0.331 e. The van der Waals surface area contributed by atoms with Gasteiger partial charge in [0.2, 0.25) is 0 Å². The lowest BCUT2D eigenvalue weighted by molar-refractivity contribution is -0.148. The van der Waals surface area contributed by atoms with Crippen LogP contribution in [0.5, 0.6) is 0 Å². The summed E-state index contributed by atoms with van der Waals surface area (Å²) in [6.45, 7) is 0.936. The number of hydrogen-bond acceptors (Lipinski definition) is 4. The summed E-state index contributed by atoms with van der Waals surface area (Å²) in [5.74, 6) is -0.740. The van der Waals surface area contributed by atoms with Crippen LogP contribution in [-0.4, -0.2) is 29.9 Å². The molecule has 142 valence electrons. The number of amides is 1. The molecule has 0 fully saturated rings. The number of benzene rings is 2. The van der Waals surface area contributed by atoms with Gasteiger partial charge in [0, 0.05) is 34.1 Å². The maximum atomic E-state index is 12.4. The van der Waals surface area contributed by atoms with Crippen molar-refractivity contribution in [3.63, 3.8) is 0 Å². The first kappa shape index (κ1) is 18.7. The van der Waals surface area contributed by atoms with E-state index in [0.717, 1.165) is 26.9 Å². The number of thiophene rings is 1. The van der Waals surface area contributed by atoms with E-state index in [4.69, 9.17) is 16.3 Å². The van der Waals surface area contributed by atoms with Crippen LogP contribution in [0.1, 0.15) is 16.0 Å². The Bertz CT molecular complexity index is 1070. The minimum absolute atomic E-state index is 0.184. The molecule has 0 N–H and O–H groups in total. The Morgan fingerprint density at radius 3 is 2.68 bits per heavy atom. The first-order valence-electron chi connectivity index (χ1n) is 8.98. The summed E-state index contributed by atoms with van der Waals surface area (Å²) in [6, 6.07) is 15.9. The molecule has 1 aliphatic heterocycles. The van der Waals surface area contributed by atoms with E-state index in [1.165, 1.54) is 23.0 Å². The molecule has 4 nitrogen and oxygen atoms in total. The third-order valence-electron chi connectivity index (χ3n) is 4.75. The third kappa shape index (κ3) is 3.96. The van der Waals surface area contributed by atoms with E-state index < -0.39 is 5.97 Å². The van der Waals surface area contributed by atoms with Crippen LogP contribution < -0.4 is 0 Å². The zero-order valence-electron chi connectivity index (χ0n) is 15.1. The quantitative estimate of drug-likeness (QED) is 0.462. The third-order valence-corrected chi connectivity index (χ3v) is 6.41. The van der Waals surface area contributed by atoms with Gasteiger partial charge in [0.1, 0.15) is 0 Å². The van der Waals surface area contributed by atoms with Gasteiger partial charge in [-0.1, -0.05) is 54.1 Å². The first-order chi connectivity index (χ1) is 13.6. The fraction of sp³-hybridized carbons (Fsp3) is 0.182. The lowest BCUT2D eigenvalue weighted by atomic mass is 10.00. The van der Waals surface area contributed by atoms with E-state index in [-0.39, 0.29) is 12.5 Å². The van der Waals surface area contributed by atoms with Crippen LogP contribution in [0.3, 0.4) is 0 Å².